The van der Waals surface area contributed by atoms with Crippen molar-refractivity contribution in [2.45, 2.75) is 13.2 Å². The van der Waals surface area contributed by atoms with Gasteiger partial charge in [0.05, 0.1) is 6.61 Å². The van der Waals surface area contributed by atoms with Gasteiger partial charge in [0.15, 0.2) is 0 Å². The fraction of sp³-hybridized carbons (Fsp3) is 0.800. The smallest absolute Gasteiger partial charge is 0.408 e. The summed E-state index contributed by atoms with van der Waals surface area (Å²) in [4.78, 5) is 10.5. The molecule has 1 atom stereocenters. The molecular formula is C5H12N2O3. The van der Waals surface area contributed by atoms with E-state index in [2.05, 4.69) is 10.1 Å². The van der Waals surface area contributed by atoms with E-state index in [9.17, 15) is 4.79 Å². The van der Waals surface area contributed by atoms with E-state index in [0.717, 1.165) is 0 Å². The first kappa shape index (κ1) is 9.19. The Kier molecular flexibility index (Phi) is 4.61. The van der Waals surface area contributed by atoms with Crippen LogP contribution in [0.1, 0.15) is 6.92 Å². The molecule has 5 heteroatoms. The van der Waals surface area contributed by atoms with Gasteiger partial charge in [-0.2, -0.15) is 0 Å². The van der Waals surface area contributed by atoms with E-state index in [4.69, 9.17) is 10.8 Å². The Morgan fingerprint density at radius 1 is 1.90 bits per heavy atom. The SMILES string of the molecule is CC(N)OC(=O)NCCO. The lowest BCUT2D eigenvalue weighted by atomic mass is 10.7. The normalized spacial score (nSPS) is 12.3. The van der Waals surface area contributed by atoms with Gasteiger partial charge >= 0.3 is 6.09 Å². The number of carbonyl (C=O) groups is 1. The molecule has 0 saturated heterocycles. The monoisotopic (exact) mass is 148 g/mol. The molecule has 1 amide bonds. The van der Waals surface area contributed by atoms with Crippen LogP contribution in [-0.2, 0) is 4.74 Å². The first-order valence-electron chi connectivity index (χ1n) is 2.97. The number of hydrogen-bond acceptors (Lipinski definition) is 4. The summed E-state index contributed by atoms with van der Waals surface area (Å²) in [5.41, 5.74) is 5.12. The summed E-state index contributed by atoms with van der Waals surface area (Å²) in [6.45, 7) is 1.62. The summed E-state index contributed by atoms with van der Waals surface area (Å²) in [6.07, 6.45) is -1.22. The van der Waals surface area contributed by atoms with Gasteiger partial charge in [-0.05, 0) is 6.92 Å². The molecule has 0 fully saturated rings. The van der Waals surface area contributed by atoms with Gasteiger partial charge in [-0.15, -0.1) is 0 Å². The highest BCUT2D eigenvalue weighted by molar-refractivity contribution is 5.67. The molecule has 0 aliphatic heterocycles. The Balaban J connectivity index is 3.26. The van der Waals surface area contributed by atoms with Crippen molar-refractivity contribution in [1.29, 1.82) is 0 Å². The maximum atomic E-state index is 10.5. The number of alkyl carbamates (subject to hydrolysis) is 1. The number of rotatable bonds is 3. The highest BCUT2D eigenvalue weighted by Crippen LogP contribution is 1.80. The minimum Gasteiger partial charge on any atom is -0.431 e. The number of ether oxygens (including phenoxy) is 1. The third-order valence-electron chi connectivity index (χ3n) is 0.674. The number of aliphatic hydroxyl groups is 1. The number of hydrogen-bond donors (Lipinski definition) is 3. The molecule has 0 rings (SSSR count). The van der Waals surface area contributed by atoms with Crippen LogP contribution in [0.2, 0.25) is 0 Å². The van der Waals surface area contributed by atoms with Crippen LogP contribution in [0.25, 0.3) is 0 Å². The zero-order valence-electron chi connectivity index (χ0n) is 5.83. The molecule has 1 unspecified atom stereocenters. The zero-order chi connectivity index (χ0) is 7.98. The Labute approximate surface area is 59.2 Å². The summed E-state index contributed by atoms with van der Waals surface area (Å²) >= 11 is 0. The number of amides is 1. The largest absolute Gasteiger partial charge is 0.431 e. The molecule has 0 aliphatic rings. The van der Waals surface area contributed by atoms with Crippen LogP contribution in [0.3, 0.4) is 0 Å². The van der Waals surface area contributed by atoms with Gasteiger partial charge in [0.25, 0.3) is 0 Å². The van der Waals surface area contributed by atoms with Crippen LogP contribution in [0.5, 0.6) is 0 Å². The van der Waals surface area contributed by atoms with Crippen molar-refractivity contribution >= 4 is 6.09 Å². The van der Waals surface area contributed by atoms with Crippen molar-refractivity contribution in [3.8, 4) is 0 Å². The summed E-state index contributed by atoms with van der Waals surface area (Å²) in [5.74, 6) is 0. The Morgan fingerprint density at radius 3 is 2.90 bits per heavy atom. The predicted molar refractivity (Wildman–Crippen MR) is 35.2 cm³/mol. The van der Waals surface area contributed by atoms with E-state index < -0.39 is 12.3 Å². The summed E-state index contributed by atoms with van der Waals surface area (Å²) in [6, 6.07) is 0. The molecular weight excluding hydrogens is 136 g/mol. The van der Waals surface area contributed by atoms with Crippen molar-refractivity contribution < 1.29 is 14.6 Å². The van der Waals surface area contributed by atoms with Gasteiger partial charge in [0, 0.05) is 6.54 Å². The molecule has 5 nitrogen and oxygen atoms in total. The lowest BCUT2D eigenvalue weighted by Crippen LogP contribution is -2.33. The van der Waals surface area contributed by atoms with E-state index in [1.54, 1.807) is 6.92 Å². The maximum Gasteiger partial charge on any atom is 0.408 e. The lowest BCUT2D eigenvalue weighted by molar-refractivity contribution is 0.108. The molecule has 60 valence electrons. The van der Waals surface area contributed by atoms with Crippen LogP contribution >= 0.6 is 0 Å². The third kappa shape index (κ3) is 5.33. The molecule has 0 aliphatic carbocycles. The van der Waals surface area contributed by atoms with Crippen LogP contribution in [0.4, 0.5) is 4.79 Å². The molecule has 0 aromatic rings. The topological polar surface area (TPSA) is 84.6 Å². The quantitative estimate of drug-likeness (QED) is 0.448. The van der Waals surface area contributed by atoms with E-state index >= 15 is 0 Å². The zero-order valence-corrected chi connectivity index (χ0v) is 5.83. The van der Waals surface area contributed by atoms with Gasteiger partial charge in [-0.1, -0.05) is 0 Å². The van der Waals surface area contributed by atoms with Gasteiger partial charge in [-0.25, -0.2) is 4.79 Å². The average molecular weight is 148 g/mol. The molecule has 0 bridgehead atoms. The summed E-state index contributed by atoms with van der Waals surface area (Å²) in [7, 11) is 0. The van der Waals surface area contributed by atoms with E-state index in [0.29, 0.717) is 0 Å². The molecule has 0 saturated carbocycles. The number of nitrogens with two attached hydrogens (primary N) is 1. The van der Waals surface area contributed by atoms with E-state index in [-0.39, 0.29) is 13.2 Å². The van der Waals surface area contributed by atoms with Crippen molar-refractivity contribution in [1.82, 2.24) is 5.32 Å². The van der Waals surface area contributed by atoms with Crippen LogP contribution in [-0.4, -0.2) is 30.6 Å². The Bertz CT molecular complexity index is 105. The highest BCUT2D eigenvalue weighted by atomic mass is 16.6. The second-order valence-corrected chi connectivity index (χ2v) is 1.76. The first-order valence-corrected chi connectivity index (χ1v) is 2.97. The van der Waals surface area contributed by atoms with Gasteiger partial charge in [-0.3, -0.25) is 5.73 Å². The van der Waals surface area contributed by atoms with E-state index in [1.807, 2.05) is 0 Å². The van der Waals surface area contributed by atoms with Gasteiger partial charge in [0.1, 0.15) is 6.23 Å². The minimum absolute atomic E-state index is 0.103. The number of carbonyl (C=O) groups excluding carboxylic acids is 1. The van der Waals surface area contributed by atoms with E-state index in [1.165, 1.54) is 0 Å². The van der Waals surface area contributed by atoms with Gasteiger partial charge < -0.3 is 15.2 Å². The molecule has 0 aromatic heterocycles. The van der Waals surface area contributed by atoms with Crippen molar-refractivity contribution in [2.75, 3.05) is 13.2 Å². The third-order valence-corrected chi connectivity index (χ3v) is 0.674. The number of aliphatic hydroxyl groups excluding tert-OH is 1. The minimum atomic E-state index is -0.612. The van der Waals surface area contributed by atoms with Crippen LogP contribution in [0.15, 0.2) is 0 Å². The van der Waals surface area contributed by atoms with Crippen molar-refractivity contribution in [3.63, 3.8) is 0 Å². The second kappa shape index (κ2) is 5.01. The molecule has 0 heterocycles. The van der Waals surface area contributed by atoms with Crippen LogP contribution < -0.4 is 11.1 Å². The highest BCUT2D eigenvalue weighted by Gasteiger charge is 2.01. The molecule has 4 N–H and O–H groups in total. The fourth-order valence-corrected chi connectivity index (χ4v) is 0.368. The standard InChI is InChI=1S/C5H12N2O3/c1-4(6)10-5(9)7-2-3-8/h4,8H,2-3,6H2,1H3,(H,7,9). The second-order valence-electron chi connectivity index (χ2n) is 1.76. The molecule has 10 heavy (non-hydrogen) atoms. The molecule has 0 radical (unpaired) electrons. The Hall–Kier alpha value is -0.810. The predicted octanol–water partition coefficient (Wildman–Crippen LogP) is -0.990. The molecule has 0 spiro atoms. The Morgan fingerprint density at radius 2 is 2.50 bits per heavy atom. The lowest BCUT2D eigenvalue weighted by Gasteiger charge is -2.07. The fourth-order valence-electron chi connectivity index (χ4n) is 0.368. The summed E-state index contributed by atoms with van der Waals surface area (Å²) in [5, 5.41) is 10.5. The maximum absolute atomic E-state index is 10.5. The van der Waals surface area contributed by atoms with Crippen LogP contribution in [0, 0.1) is 0 Å². The van der Waals surface area contributed by atoms with Crippen molar-refractivity contribution in [3.05, 3.63) is 0 Å². The number of nitrogens with one attached hydrogen (secondary N) is 1. The average Bonchev–Trinajstić information content (AvgIpc) is 1.82. The summed E-state index contributed by atoms with van der Waals surface area (Å²) < 4.78 is 4.47. The van der Waals surface area contributed by atoms with Crippen molar-refractivity contribution in [2.24, 2.45) is 5.73 Å². The van der Waals surface area contributed by atoms with Gasteiger partial charge in [0.2, 0.25) is 0 Å². The molecule has 0 aromatic carbocycles. The first-order chi connectivity index (χ1) is 4.66.